The second-order valence-corrected chi connectivity index (χ2v) is 5.03. The van der Waals surface area contributed by atoms with E-state index in [1.165, 1.54) is 5.56 Å². The van der Waals surface area contributed by atoms with Crippen LogP contribution in [0.1, 0.15) is 25.3 Å². The molecule has 1 amide bonds. The lowest BCUT2D eigenvalue weighted by atomic mass is 10.1. The molecule has 1 aromatic carbocycles. The number of carbonyl (C=O) groups is 1. The van der Waals surface area contributed by atoms with E-state index in [-0.39, 0.29) is 5.91 Å². The van der Waals surface area contributed by atoms with Crippen molar-refractivity contribution in [2.75, 3.05) is 19.6 Å². The van der Waals surface area contributed by atoms with Crippen LogP contribution in [0.5, 0.6) is 0 Å². The summed E-state index contributed by atoms with van der Waals surface area (Å²) in [6.07, 6.45) is 2.62. The van der Waals surface area contributed by atoms with E-state index in [4.69, 9.17) is 0 Å². The molecule has 2 rings (SSSR count). The Hall–Kier alpha value is -1.35. The lowest BCUT2D eigenvalue weighted by molar-refractivity contribution is -0.132. The number of hydrogen-bond acceptors (Lipinski definition) is 2. The fraction of sp³-hybridized carbons (Fsp3) is 0.533. The molecule has 18 heavy (non-hydrogen) atoms. The van der Waals surface area contributed by atoms with Crippen molar-refractivity contribution >= 4 is 5.91 Å². The van der Waals surface area contributed by atoms with Gasteiger partial charge in [0, 0.05) is 25.6 Å². The molecule has 1 N–H and O–H groups in total. The molecular weight excluding hydrogens is 224 g/mol. The van der Waals surface area contributed by atoms with E-state index < -0.39 is 0 Å². The van der Waals surface area contributed by atoms with Gasteiger partial charge in [-0.25, -0.2) is 0 Å². The van der Waals surface area contributed by atoms with Crippen molar-refractivity contribution in [2.24, 2.45) is 0 Å². The van der Waals surface area contributed by atoms with Gasteiger partial charge >= 0.3 is 0 Å². The molecule has 1 aromatic rings. The third-order valence-electron chi connectivity index (χ3n) is 3.44. The van der Waals surface area contributed by atoms with E-state index in [9.17, 15) is 4.79 Å². The molecule has 1 aliphatic heterocycles. The van der Waals surface area contributed by atoms with Crippen molar-refractivity contribution in [3.05, 3.63) is 35.9 Å². The third kappa shape index (κ3) is 3.84. The number of carbonyl (C=O) groups excluding carboxylic acids is 1. The van der Waals surface area contributed by atoms with E-state index in [2.05, 4.69) is 36.5 Å². The normalized spacial score (nSPS) is 21.5. The molecule has 0 radical (unpaired) electrons. The molecule has 3 nitrogen and oxygen atoms in total. The minimum Gasteiger partial charge on any atom is -0.342 e. The minimum absolute atomic E-state index is 0.283. The Bertz CT molecular complexity index is 377. The van der Waals surface area contributed by atoms with Crippen molar-refractivity contribution in [1.82, 2.24) is 10.2 Å². The van der Waals surface area contributed by atoms with Gasteiger partial charge < -0.3 is 10.2 Å². The Morgan fingerprint density at radius 2 is 2.11 bits per heavy atom. The van der Waals surface area contributed by atoms with Crippen LogP contribution in [0, 0.1) is 0 Å². The molecule has 0 aromatic heterocycles. The van der Waals surface area contributed by atoms with Gasteiger partial charge in [-0.15, -0.1) is 0 Å². The predicted molar refractivity (Wildman–Crippen MR) is 73.4 cm³/mol. The fourth-order valence-electron chi connectivity index (χ4n) is 2.35. The first-order valence-corrected chi connectivity index (χ1v) is 6.81. The van der Waals surface area contributed by atoms with Crippen LogP contribution in [0.2, 0.25) is 0 Å². The number of nitrogens with one attached hydrogen (secondary N) is 1. The maximum atomic E-state index is 12.1. The smallest absolute Gasteiger partial charge is 0.224 e. The summed E-state index contributed by atoms with van der Waals surface area (Å²) in [6, 6.07) is 10.7. The predicted octanol–water partition coefficient (Wildman–Crippen LogP) is 1.83. The minimum atomic E-state index is 0.283. The maximum absolute atomic E-state index is 12.1. The van der Waals surface area contributed by atoms with Crippen LogP contribution in [0.25, 0.3) is 0 Å². The first kappa shape index (κ1) is 13.1. The summed E-state index contributed by atoms with van der Waals surface area (Å²) in [4.78, 5) is 14.1. The average Bonchev–Trinajstić information content (AvgIpc) is 2.37. The molecule has 3 heteroatoms. The number of rotatable bonds is 3. The summed E-state index contributed by atoms with van der Waals surface area (Å²) in [7, 11) is 0. The van der Waals surface area contributed by atoms with Crippen LogP contribution in [0.3, 0.4) is 0 Å². The van der Waals surface area contributed by atoms with Gasteiger partial charge in [-0.1, -0.05) is 30.3 Å². The van der Waals surface area contributed by atoms with Gasteiger partial charge in [0.15, 0.2) is 0 Å². The molecule has 0 spiro atoms. The molecule has 0 saturated carbocycles. The zero-order valence-electron chi connectivity index (χ0n) is 11.1. The molecule has 1 aliphatic rings. The van der Waals surface area contributed by atoms with Crippen molar-refractivity contribution in [2.45, 2.75) is 32.2 Å². The van der Waals surface area contributed by atoms with Gasteiger partial charge in [-0.2, -0.15) is 0 Å². The molecule has 1 saturated heterocycles. The van der Waals surface area contributed by atoms with Crippen LogP contribution in [0.4, 0.5) is 0 Å². The molecule has 1 atom stereocenters. The maximum Gasteiger partial charge on any atom is 0.224 e. The Morgan fingerprint density at radius 3 is 2.89 bits per heavy atom. The summed E-state index contributed by atoms with van der Waals surface area (Å²) in [6.45, 7) is 4.82. The van der Waals surface area contributed by atoms with E-state index in [1.54, 1.807) is 0 Å². The van der Waals surface area contributed by atoms with Crippen LogP contribution >= 0.6 is 0 Å². The number of hydrogen-bond donors (Lipinski definition) is 1. The van der Waals surface area contributed by atoms with Gasteiger partial charge in [0.25, 0.3) is 0 Å². The van der Waals surface area contributed by atoms with Crippen molar-refractivity contribution in [3.63, 3.8) is 0 Å². The van der Waals surface area contributed by atoms with Crippen molar-refractivity contribution in [1.29, 1.82) is 0 Å². The first-order valence-electron chi connectivity index (χ1n) is 6.81. The highest BCUT2D eigenvalue weighted by Gasteiger charge is 2.18. The van der Waals surface area contributed by atoms with Gasteiger partial charge in [0.05, 0.1) is 0 Å². The molecule has 0 aliphatic carbocycles. The number of nitrogens with zero attached hydrogens (tertiary/aromatic N) is 1. The fourth-order valence-corrected chi connectivity index (χ4v) is 2.35. The zero-order chi connectivity index (χ0) is 12.8. The number of amides is 1. The first-order chi connectivity index (χ1) is 8.75. The van der Waals surface area contributed by atoms with Gasteiger partial charge in [-0.3, -0.25) is 4.79 Å². The van der Waals surface area contributed by atoms with E-state index in [1.807, 2.05) is 11.0 Å². The van der Waals surface area contributed by atoms with Gasteiger partial charge in [-0.05, 0) is 31.9 Å². The molecule has 1 heterocycles. The summed E-state index contributed by atoms with van der Waals surface area (Å²) >= 11 is 0. The largest absolute Gasteiger partial charge is 0.342 e. The highest BCUT2D eigenvalue weighted by atomic mass is 16.2. The molecular formula is C15H22N2O. The quantitative estimate of drug-likeness (QED) is 0.882. The van der Waals surface area contributed by atoms with E-state index in [0.29, 0.717) is 12.5 Å². The Kier molecular flexibility index (Phi) is 4.76. The lowest BCUT2D eigenvalue weighted by Crippen LogP contribution is -2.42. The third-order valence-corrected chi connectivity index (χ3v) is 3.44. The van der Waals surface area contributed by atoms with Gasteiger partial charge in [0.2, 0.25) is 5.91 Å². The zero-order valence-corrected chi connectivity index (χ0v) is 11.1. The number of benzene rings is 1. The summed E-state index contributed by atoms with van der Waals surface area (Å²) in [5.74, 6) is 0.283. The Morgan fingerprint density at radius 1 is 1.33 bits per heavy atom. The van der Waals surface area contributed by atoms with E-state index >= 15 is 0 Å². The van der Waals surface area contributed by atoms with Gasteiger partial charge in [0.1, 0.15) is 0 Å². The van der Waals surface area contributed by atoms with Crippen LogP contribution < -0.4 is 5.32 Å². The average molecular weight is 246 g/mol. The summed E-state index contributed by atoms with van der Waals surface area (Å²) in [5.41, 5.74) is 1.30. The Balaban J connectivity index is 1.88. The van der Waals surface area contributed by atoms with Crippen molar-refractivity contribution < 1.29 is 4.79 Å². The van der Waals surface area contributed by atoms with E-state index in [0.717, 1.165) is 32.5 Å². The van der Waals surface area contributed by atoms with Crippen LogP contribution in [-0.2, 0) is 11.2 Å². The highest BCUT2D eigenvalue weighted by Crippen LogP contribution is 2.07. The molecule has 1 fully saturated rings. The summed E-state index contributed by atoms with van der Waals surface area (Å²) < 4.78 is 0. The van der Waals surface area contributed by atoms with Crippen molar-refractivity contribution in [3.8, 4) is 0 Å². The summed E-state index contributed by atoms with van der Waals surface area (Å²) in [5, 5.41) is 3.36. The SMILES string of the molecule is CC1CC(=O)N(CCc2ccccc2)CCCN1. The lowest BCUT2D eigenvalue weighted by Gasteiger charge is -2.27. The van der Waals surface area contributed by atoms with Crippen LogP contribution in [0.15, 0.2) is 30.3 Å². The topological polar surface area (TPSA) is 32.3 Å². The standard InChI is InChI=1S/C15H22N2O/c1-13-12-15(18)17(10-5-9-16-13)11-8-14-6-3-2-4-7-14/h2-4,6-7,13,16H,5,8-12H2,1H3. The monoisotopic (exact) mass is 246 g/mol. The highest BCUT2D eigenvalue weighted by molar-refractivity contribution is 5.76. The second kappa shape index (κ2) is 6.55. The molecule has 1 unspecified atom stereocenters. The Labute approximate surface area is 109 Å². The molecule has 98 valence electrons. The van der Waals surface area contributed by atoms with Crippen LogP contribution in [-0.4, -0.2) is 36.5 Å². The second-order valence-electron chi connectivity index (χ2n) is 5.03. The molecule has 0 bridgehead atoms.